The van der Waals surface area contributed by atoms with Crippen molar-refractivity contribution in [2.45, 2.75) is 0 Å². The molecule has 2 aromatic rings. The molecule has 0 aliphatic carbocycles. The SMILES string of the molecule is O=C(O)c1cccc2n[c]ccc12. The Balaban J connectivity index is 2.83. The molecule has 1 aromatic carbocycles. The number of nitrogens with zero attached hydrogens (tertiary/aromatic N) is 1. The summed E-state index contributed by atoms with van der Waals surface area (Å²) in [6, 6.07) is 8.30. The van der Waals surface area contributed by atoms with E-state index in [1.807, 2.05) is 0 Å². The van der Waals surface area contributed by atoms with Crippen LogP contribution in [0.3, 0.4) is 0 Å². The molecule has 0 saturated carbocycles. The maximum absolute atomic E-state index is 10.8. The van der Waals surface area contributed by atoms with Crippen LogP contribution in [0.5, 0.6) is 0 Å². The van der Waals surface area contributed by atoms with E-state index < -0.39 is 5.97 Å². The predicted octanol–water partition coefficient (Wildman–Crippen LogP) is 1.73. The Morgan fingerprint density at radius 1 is 1.38 bits per heavy atom. The molecule has 0 unspecified atom stereocenters. The molecular formula is C10H6NO2. The number of aromatic nitrogens is 1. The van der Waals surface area contributed by atoms with Gasteiger partial charge in [0.05, 0.1) is 17.3 Å². The topological polar surface area (TPSA) is 50.2 Å². The first-order valence-electron chi connectivity index (χ1n) is 3.78. The highest BCUT2D eigenvalue weighted by molar-refractivity contribution is 6.02. The van der Waals surface area contributed by atoms with Gasteiger partial charge in [0.2, 0.25) is 0 Å². The van der Waals surface area contributed by atoms with Crippen molar-refractivity contribution in [1.82, 2.24) is 4.98 Å². The van der Waals surface area contributed by atoms with Gasteiger partial charge in [-0.3, -0.25) is 0 Å². The number of fused-ring (bicyclic) bond motifs is 1. The summed E-state index contributed by atoms with van der Waals surface area (Å²) in [5.74, 6) is -0.932. The fourth-order valence-electron chi connectivity index (χ4n) is 1.24. The second kappa shape index (κ2) is 2.86. The third-order valence-corrected chi connectivity index (χ3v) is 1.82. The predicted molar refractivity (Wildman–Crippen MR) is 47.5 cm³/mol. The molecule has 0 aliphatic heterocycles. The molecule has 0 atom stereocenters. The monoisotopic (exact) mass is 172 g/mol. The van der Waals surface area contributed by atoms with Crippen LogP contribution in [0.25, 0.3) is 10.9 Å². The minimum Gasteiger partial charge on any atom is -0.478 e. The van der Waals surface area contributed by atoms with E-state index in [4.69, 9.17) is 5.11 Å². The summed E-state index contributed by atoms with van der Waals surface area (Å²) < 4.78 is 0. The van der Waals surface area contributed by atoms with Crippen molar-refractivity contribution >= 4 is 16.9 Å². The van der Waals surface area contributed by atoms with Gasteiger partial charge in [-0.15, -0.1) is 0 Å². The lowest BCUT2D eigenvalue weighted by Gasteiger charge is -1.99. The Kier molecular flexibility index (Phi) is 1.70. The molecular weight excluding hydrogens is 166 g/mol. The highest BCUT2D eigenvalue weighted by atomic mass is 16.4. The summed E-state index contributed by atoms with van der Waals surface area (Å²) in [6.07, 6.45) is 2.66. The molecule has 1 radical (unpaired) electrons. The molecule has 63 valence electrons. The van der Waals surface area contributed by atoms with E-state index in [0.29, 0.717) is 10.9 Å². The van der Waals surface area contributed by atoms with E-state index in [0.717, 1.165) is 0 Å². The van der Waals surface area contributed by atoms with Gasteiger partial charge in [-0.1, -0.05) is 6.07 Å². The van der Waals surface area contributed by atoms with E-state index in [-0.39, 0.29) is 5.56 Å². The molecule has 1 heterocycles. The van der Waals surface area contributed by atoms with Gasteiger partial charge >= 0.3 is 5.97 Å². The number of hydrogen-bond acceptors (Lipinski definition) is 2. The second-order valence-corrected chi connectivity index (χ2v) is 2.62. The fraction of sp³-hybridized carbons (Fsp3) is 0. The smallest absolute Gasteiger partial charge is 0.336 e. The highest BCUT2D eigenvalue weighted by Crippen LogP contribution is 2.15. The molecule has 2 rings (SSSR count). The zero-order valence-corrected chi connectivity index (χ0v) is 6.69. The van der Waals surface area contributed by atoms with Crippen molar-refractivity contribution in [3.63, 3.8) is 0 Å². The number of carboxylic acids is 1. The zero-order valence-electron chi connectivity index (χ0n) is 6.69. The number of hydrogen-bond donors (Lipinski definition) is 1. The van der Waals surface area contributed by atoms with Crippen LogP contribution in [0, 0.1) is 6.20 Å². The Hall–Kier alpha value is -1.90. The maximum Gasteiger partial charge on any atom is 0.336 e. The Morgan fingerprint density at radius 2 is 2.23 bits per heavy atom. The summed E-state index contributed by atoms with van der Waals surface area (Å²) in [5.41, 5.74) is 0.932. The minimum absolute atomic E-state index is 0.277. The summed E-state index contributed by atoms with van der Waals surface area (Å²) in [7, 11) is 0. The fourth-order valence-corrected chi connectivity index (χ4v) is 1.24. The molecule has 3 heteroatoms. The van der Waals surface area contributed by atoms with Crippen LogP contribution in [0.4, 0.5) is 0 Å². The van der Waals surface area contributed by atoms with Crippen molar-refractivity contribution in [2.24, 2.45) is 0 Å². The molecule has 0 bridgehead atoms. The molecule has 0 amide bonds. The Morgan fingerprint density at radius 3 is 3.00 bits per heavy atom. The number of rotatable bonds is 1. The molecule has 0 aliphatic rings. The molecule has 1 aromatic heterocycles. The van der Waals surface area contributed by atoms with Crippen LogP contribution in [-0.4, -0.2) is 16.1 Å². The number of carbonyl (C=O) groups is 1. The maximum atomic E-state index is 10.8. The van der Waals surface area contributed by atoms with E-state index >= 15 is 0 Å². The quantitative estimate of drug-likeness (QED) is 0.712. The number of benzene rings is 1. The Labute approximate surface area is 74.7 Å². The molecule has 0 spiro atoms. The van der Waals surface area contributed by atoms with Crippen molar-refractivity contribution in [3.05, 3.63) is 42.1 Å². The summed E-state index contributed by atoms with van der Waals surface area (Å²) >= 11 is 0. The molecule has 13 heavy (non-hydrogen) atoms. The van der Waals surface area contributed by atoms with Crippen LogP contribution < -0.4 is 0 Å². The van der Waals surface area contributed by atoms with Gasteiger partial charge in [0.25, 0.3) is 0 Å². The molecule has 0 saturated heterocycles. The third kappa shape index (κ3) is 1.24. The van der Waals surface area contributed by atoms with Crippen molar-refractivity contribution in [2.75, 3.05) is 0 Å². The molecule has 3 nitrogen and oxygen atoms in total. The summed E-state index contributed by atoms with van der Waals surface area (Å²) in [6.45, 7) is 0. The first-order valence-corrected chi connectivity index (χ1v) is 3.78. The van der Waals surface area contributed by atoms with Gasteiger partial charge in [0.15, 0.2) is 0 Å². The van der Waals surface area contributed by atoms with Crippen LogP contribution in [-0.2, 0) is 0 Å². The van der Waals surface area contributed by atoms with Crippen LogP contribution in [0.15, 0.2) is 30.3 Å². The van der Waals surface area contributed by atoms with Crippen molar-refractivity contribution in [3.8, 4) is 0 Å². The van der Waals surface area contributed by atoms with E-state index in [1.165, 1.54) is 0 Å². The van der Waals surface area contributed by atoms with Gasteiger partial charge in [0.1, 0.15) is 0 Å². The number of aromatic carboxylic acids is 1. The van der Waals surface area contributed by atoms with Gasteiger partial charge < -0.3 is 5.11 Å². The minimum atomic E-state index is -0.932. The van der Waals surface area contributed by atoms with Gasteiger partial charge in [0, 0.05) is 5.39 Å². The van der Waals surface area contributed by atoms with Crippen molar-refractivity contribution in [1.29, 1.82) is 0 Å². The van der Waals surface area contributed by atoms with Gasteiger partial charge in [-0.05, 0) is 24.3 Å². The zero-order chi connectivity index (χ0) is 9.26. The van der Waals surface area contributed by atoms with E-state index in [9.17, 15) is 4.79 Å². The van der Waals surface area contributed by atoms with Crippen LogP contribution >= 0.6 is 0 Å². The average Bonchev–Trinajstić information content (AvgIpc) is 2.17. The lowest BCUT2D eigenvalue weighted by molar-refractivity contribution is 0.0699. The summed E-state index contributed by atoms with van der Waals surface area (Å²) in [5, 5.41) is 9.49. The lowest BCUT2D eigenvalue weighted by Crippen LogP contribution is -1.97. The third-order valence-electron chi connectivity index (χ3n) is 1.82. The normalized spacial score (nSPS) is 10.2. The largest absolute Gasteiger partial charge is 0.478 e. The van der Waals surface area contributed by atoms with E-state index in [1.54, 1.807) is 30.3 Å². The van der Waals surface area contributed by atoms with Crippen molar-refractivity contribution < 1.29 is 9.90 Å². The Bertz CT molecular complexity index is 460. The molecule has 1 N–H and O–H groups in total. The summed E-state index contributed by atoms with van der Waals surface area (Å²) in [4.78, 5) is 14.7. The number of carboxylic acid groups (broad SMARTS) is 1. The lowest BCUT2D eigenvalue weighted by atomic mass is 10.1. The van der Waals surface area contributed by atoms with Gasteiger partial charge in [-0.25, -0.2) is 9.78 Å². The number of pyridine rings is 1. The van der Waals surface area contributed by atoms with E-state index in [2.05, 4.69) is 11.2 Å². The first-order chi connectivity index (χ1) is 6.29. The van der Waals surface area contributed by atoms with Crippen LogP contribution in [0.2, 0.25) is 0 Å². The first kappa shape index (κ1) is 7.73. The highest BCUT2D eigenvalue weighted by Gasteiger charge is 2.06. The second-order valence-electron chi connectivity index (χ2n) is 2.62. The van der Waals surface area contributed by atoms with Gasteiger partial charge in [-0.2, -0.15) is 0 Å². The molecule has 0 fully saturated rings. The standard InChI is InChI=1S/C10H6NO2/c12-10(13)8-3-1-5-9-7(8)4-2-6-11-9/h1-5H,(H,12,13). The average molecular weight is 172 g/mol. The van der Waals surface area contributed by atoms with Crippen LogP contribution in [0.1, 0.15) is 10.4 Å².